The summed E-state index contributed by atoms with van der Waals surface area (Å²) in [6.45, 7) is 12.2. The largest absolute Gasteiger partial charge is 0.463 e. The summed E-state index contributed by atoms with van der Waals surface area (Å²) in [5.41, 5.74) is 3.18. The zero-order valence-electron chi connectivity index (χ0n) is 14.9. The number of hydrogen-bond acceptors (Lipinski definition) is 4. The van der Waals surface area contributed by atoms with E-state index < -0.39 is 0 Å². The molecule has 0 aromatic carbocycles. The lowest BCUT2D eigenvalue weighted by molar-refractivity contribution is -0.139. The lowest BCUT2D eigenvalue weighted by Crippen LogP contribution is -2.14. The number of allylic oxidation sites excluding steroid dienone is 2. The maximum absolute atomic E-state index is 12.2. The molecule has 0 aliphatic carbocycles. The van der Waals surface area contributed by atoms with Crippen LogP contribution in [0.4, 0.5) is 0 Å². The van der Waals surface area contributed by atoms with E-state index >= 15 is 0 Å². The summed E-state index contributed by atoms with van der Waals surface area (Å²) in [6.07, 6.45) is 2.55. The van der Waals surface area contributed by atoms with E-state index in [1.807, 2.05) is 27.7 Å². The van der Waals surface area contributed by atoms with Gasteiger partial charge in [0, 0.05) is 11.1 Å². The van der Waals surface area contributed by atoms with Gasteiger partial charge in [0.15, 0.2) is 0 Å². The molecule has 0 unspecified atom stereocenters. The van der Waals surface area contributed by atoms with Crippen LogP contribution in [0.1, 0.15) is 67.2 Å². The Morgan fingerprint density at radius 3 is 1.00 bits per heavy atom. The smallest absolute Gasteiger partial charge is 0.334 e. The average Bonchev–Trinajstić information content (AvgIpc) is 2.50. The van der Waals surface area contributed by atoms with Crippen molar-refractivity contribution in [1.82, 2.24) is 0 Å². The van der Waals surface area contributed by atoms with Gasteiger partial charge in [-0.25, -0.2) is 9.59 Å². The molecular formula is C18H30O4. The Bertz CT molecular complexity index is 402. The highest BCUT2D eigenvalue weighted by Gasteiger charge is 2.21. The Balaban J connectivity index is 6.08. The molecule has 0 aliphatic heterocycles. The number of esters is 2. The quantitative estimate of drug-likeness (QED) is 0.361. The minimum absolute atomic E-state index is 0.285. The summed E-state index contributed by atoms with van der Waals surface area (Å²) in [6, 6.07) is 0. The van der Waals surface area contributed by atoms with Gasteiger partial charge < -0.3 is 9.47 Å². The monoisotopic (exact) mass is 310 g/mol. The van der Waals surface area contributed by atoms with Gasteiger partial charge in [-0.1, -0.05) is 27.7 Å². The Labute approximate surface area is 134 Å². The molecule has 22 heavy (non-hydrogen) atoms. The molecule has 0 saturated carbocycles. The van der Waals surface area contributed by atoms with Crippen LogP contribution in [0, 0.1) is 0 Å². The molecule has 0 aromatic heterocycles. The van der Waals surface area contributed by atoms with Crippen molar-refractivity contribution in [3.05, 3.63) is 22.3 Å². The van der Waals surface area contributed by atoms with E-state index in [1.165, 1.54) is 0 Å². The van der Waals surface area contributed by atoms with E-state index in [0.29, 0.717) is 50.0 Å². The first kappa shape index (κ1) is 20.4. The van der Waals surface area contributed by atoms with Gasteiger partial charge in [0.05, 0.1) is 13.2 Å². The Morgan fingerprint density at radius 1 is 0.545 bits per heavy atom. The molecule has 0 N–H and O–H groups in total. The third kappa shape index (κ3) is 5.32. The summed E-state index contributed by atoms with van der Waals surface area (Å²) in [5.74, 6) is -0.570. The standard InChI is InChI=1S/C18H30O4/c1-7-13(15(9-3)17(19)21-11-5)14(8-2)16(10-4)18(20)22-12-6/h7-12H2,1-6H3/b15-13+,16-14+. The van der Waals surface area contributed by atoms with Crippen molar-refractivity contribution in [3.63, 3.8) is 0 Å². The molecule has 4 heteroatoms. The second kappa shape index (κ2) is 11.0. The minimum Gasteiger partial charge on any atom is -0.463 e. The van der Waals surface area contributed by atoms with Crippen molar-refractivity contribution in [2.24, 2.45) is 0 Å². The number of ether oxygens (including phenoxy) is 2. The molecule has 0 amide bonds. The van der Waals surface area contributed by atoms with Gasteiger partial charge in [-0.2, -0.15) is 0 Å². The summed E-state index contributed by atoms with van der Waals surface area (Å²) in [4.78, 5) is 24.4. The lowest BCUT2D eigenvalue weighted by Gasteiger charge is -2.18. The lowest BCUT2D eigenvalue weighted by atomic mass is 9.89. The van der Waals surface area contributed by atoms with Crippen molar-refractivity contribution in [3.8, 4) is 0 Å². The topological polar surface area (TPSA) is 52.6 Å². The van der Waals surface area contributed by atoms with Crippen LogP contribution in [-0.4, -0.2) is 25.2 Å². The van der Waals surface area contributed by atoms with Gasteiger partial charge in [-0.15, -0.1) is 0 Å². The molecule has 0 aliphatic rings. The number of carbonyl (C=O) groups is 2. The van der Waals surface area contributed by atoms with Crippen molar-refractivity contribution < 1.29 is 19.1 Å². The maximum atomic E-state index is 12.2. The second-order valence-electron chi connectivity index (χ2n) is 4.77. The predicted octanol–water partition coefficient (Wildman–Crippen LogP) is 4.35. The van der Waals surface area contributed by atoms with E-state index in [1.54, 1.807) is 13.8 Å². The van der Waals surface area contributed by atoms with Gasteiger partial charge >= 0.3 is 11.9 Å². The highest BCUT2D eigenvalue weighted by atomic mass is 16.5. The van der Waals surface area contributed by atoms with E-state index in [2.05, 4.69) is 0 Å². The number of carbonyl (C=O) groups excluding carboxylic acids is 2. The Hall–Kier alpha value is -1.58. The molecule has 0 aromatic rings. The van der Waals surface area contributed by atoms with Crippen LogP contribution in [0.2, 0.25) is 0 Å². The average molecular weight is 310 g/mol. The second-order valence-corrected chi connectivity index (χ2v) is 4.77. The molecule has 0 bridgehead atoms. The molecule has 0 fully saturated rings. The van der Waals surface area contributed by atoms with Crippen LogP contribution in [0.25, 0.3) is 0 Å². The van der Waals surface area contributed by atoms with Gasteiger partial charge in [0.25, 0.3) is 0 Å². The molecule has 0 saturated heterocycles. The Morgan fingerprint density at radius 2 is 0.818 bits per heavy atom. The van der Waals surface area contributed by atoms with Crippen LogP contribution in [0.3, 0.4) is 0 Å². The highest BCUT2D eigenvalue weighted by molar-refractivity contribution is 5.93. The van der Waals surface area contributed by atoms with Gasteiger partial charge in [0.1, 0.15) is 0 Å². The first-order chi connectivity index (χ1) is 10.5. The van der Waals surface area contributed by atoms with E-state index in [0.717, 1.165) is 11.1 Å². The fourth-order valence-electron chi connectivity index (χ4n) is 2.62. The van der Waals surface area contributed by atoms with E-state index in [-0.39, 0.29) is 11.9 Å². The summed E-state index contributed by atoms with van der Waals surface area (Å²) in [5, 5.41) is 0. The van der Waals surface area contributed by atoms with E-state index in [9.17, 15) is 9.59 Å². The summed E-state index contributed by atoms with van der Waals surface area (Å²) >= 11 is 0. The molecule has 4 nitrogen and oxygen atoms in total. The fraction of sp³-hybridized carbons (Fsp3) is 0.667. The fourth-order valence-corrected chi connectivity index (χ4v) is 2.62. The van der Waals surface area contributed by atoms with Crippen molar-refractivity contribution in [1.29, 1.82) is 0 Å². The Kier molecular flexibility index (Phi) is 10.3. The zero-order valence-corrected chi connectivity index (χ0v) is 14.9. The van der Waals surface area contributed by atoms with Crippen LogP contribution in [0.15, 0.2) is 22.3 Å². The predicted molar refractivity (Wildman–Crippen MR) is 88.5 cm³/mol. The van der Waals surface area contributed by atoms with Crippen LogP contribution in [0.5, 0.6) is 0 Å². The third-order valence-electron chi connectivity index (χ3n) is 3.55. The molecule has 0 radical (unpaired) electrons. The number of hydrogen-bond donors (Lipinski definition) is 0. The first-order valence-electron chi connectivity index (χ1n) is 8.30. The van der Waals surface area contributed by atoms with Crippen LogP contribution >= 0.6 is 0 Å². The minimum atomic E-state index is -0.285. The molecule has 0 spiro atoms. The van der Waals surface area contributed by atoms with Crippen LogP contribution in [-0.2, 0) is 19.1 Å². The summed E-state index contributed by atoms with van der Waals surface area (Å²) < 4.78 is 10.3. The SMILES string of the molecule is CCOC(=O)/C(CC)=C(CC)/C(CC)=C(\CC)C(=O)OCC. The van der Waals surface area contributed by atoms with Gasteiger partial charge in [-0.05, 0) is 50.7 Å². The normalized spacial score (nSPS) is 13.2. The molecule has 126 valence electrons. The molecule has 0 atom stereocenters. The van der Waals surface area contributed by atoms with Gasteiger partial charge in [0.2, 0.25) is 0 Å². The highest BCUT2D eigenvalue weighted by Crippen LogP contribution is 2.29. The molecule has 0 rings (SSSR count). The molecular weight excluding hydrogens is 280 g/mol. The molecule has 0 heterocycles. The van der Waals surface area contributed by atoms with Crippen LogP contribution < -0.4 is 0 Å². The van der Waals surface area contributed by atoms with Crippen molar-refractivity contribution >= 4 is 11.9 Å². The summed E-state index contributed by atoms with van der Waals surface area (Å²) in [7, 11) is 0. The van der Waals surface area contributed by atoms with Crippen molar-refractivity contribution in [2.45, 2.75) is 67.2 Å². The first-order valence-corrected chi connectivity index (χ1v) is 8.30. The van der Waals surface area contributed by atoms with Gasteiger partial charge in [-0.3, -0.25) is 0 Å². The van der Waals surface area contributed by atoms with Crippen molar-refractivity contribution in [2.75, 3.05) is 13.2 Å². The van der Waals surface area contributed by atoms with E-state index in [4.69, 9.17) is 9.47 Å². The maximum Gasteiger partial charge on any atom is 0.334 e. The third-order valence-corrected chi connectivity index (χ3v) is 3.55. The zero-order chi connectivity index (χ0) is 17.1. The number of rotatable bonds is 9.